The second-order valence-electron chi connectivity index (χ2n) is 3.21. The van der Waals surface area contributed by atoms with Gasteiger partial charge in [-0.1, -0.05) is 0 Å². The number of non-ortho nitro benzene ring substituents is 1. The standard InChI is InChI=1S/C11H13NO6/c1-4-18-11(13)8-5-7(12(14)15)6-9(16-2)10(8)17-3/h5-6H,4H2,1-3H3. The summed E-state index contributed by atoms with van der Waals surface area (Å²) in [5.41, 5.74) is -0.305. The van der Waals surface area contributed by atoms with E-state index in [4.69, 9.17) is 14.2 Å². The van der Waals surface area contributed by atoms with Crippen molar-refractivity contribution in [2.75, 3.05) is 20.8 Å². The summed E-state index contributed by atoms with van der Waals surface area (Å²) in [4.78, 5) is 21.8. The number of hydrogen-bond donors (Lipinski definition) is 0. The molecule has 98 valence electrons. The first-order valence-electron chi connectivity index (χ1n) is 5.12. The van der Waals surface area contributed by atoms with Gasteiger partial charge in [0.05, 0.1) is 31.8 Å². The molecule has 7 nitrogen and oxygen atoms in total. The Morgan fingerprint density at radius 3 is 2.44 bits per heavy atom. The highest BCUT2D eigenvalue weighted by atomic mass is 16.6. The smallest absolute Gasteiger partial charge is 0.342 e. The monoisotopic (exact) mass is 255 g/mol. The van der Waals surface area contributed by atoms with Gasteiger partial charge in [0.1, 0.15) is 5.56 Å². The third kappa shape index (κ3) is 2.68. The van der Waals surface area contributed by atoms with Gasteiger partial charge >= 0.3 is 5.97 Å². The largest absolute Gasteiger partial charge is 0.493 e. The fourth-order valence-electron chi connectivity index (χ4n) is 1.42. The highest BCUT2D eigenvalue weighted by molar-refractivity contribution is 5.94. The molecule has 0 N–H and O–H groups in total. The lowest BCUT2D eigenvalue weighted by Gasteiger charge is -2.11. The molecule has 0 saturated carbocycles. The Labute approximate surface area is 103 Å². The molecule has 0 fully saturated rings. The van der Waals surface area contributed by atoms with Crippen molar-refractivity contribution in [2.24, 2.45) is 0 Å². The van der Waals surface area contributed by atoms with E-state index in [1.165, 1.54) is 20.3 Å². The number of ether oxygens (including phenoxy) is 3. The van der Waals surface area contributed by atoms with E-state index in [0.29, 0.717) is 0 Å². The molecule has 0 unspecified atom stereocenters. The molecule has 0 aliphatic carbocycles. The van der Waals surface area contributed by atoms with Crippen LogP contribution in [0.1, 0.15) is 17.3 Å². The molecule has 0 atom stereocenters. The quantitative estimate of drug-likeness (QED) is 0.452. The maximum atomic E-state index is 11.7. The molecule has 1 aromatic carbocycles. The Morgan fingerprint density at radius 1 is 1.33 bits per heavy atom. The van der Waals surface area contributed by atoms with Crippen molar-refractivity contribution in [2.45, 2.75) is 6.92 Å². The van der Waals surface area contributed by atoms with Crippen molar-refractivity contribution in [3.05, 3.63) is 27.8 Å². The van der Waals surface area contributed by atoms with Crippen molar-refractivity contribution in [3.8, 4) is 11.5 Å². The normalized spacial score (nSPS) is 9.72. The lowest BCUT2D eigenvalue weighted by atomic mass is 10.1. The first kappa shape index (κ1) is 13.8. The van der Waals surface area contributed by atoms with Gasteiger partial charge < -0.3 is 14.2 Å². The van der Waals surface area contributed by atoms with Crippen LogP contribution in [0.2, 0.25) is 0 Å². The summed E-state index contributed by atoms with van der Waals surface area (Å²) in [5, 5.41) is 10.8. The van der Waals surface area contributed by atoms with Crippen molar-refractivity contribution >= 4 is 11.7 Å². The van der Waals surface area contributed by atoms with Crippen LogP contribution < -0.4 is 9.47 Å². The Kier molecular flexibility index (Phi) is 4.47. The van der Waals surface area contributed by atoms with E-state index in [2.05, 4.69) is 0 Å². The zero-order valence-corrected chi connectivity index (χ0v) is 10.3. The average molecular weight is 255 g/mol. The molecule has 7 heteroatoms. The SMILES string of the molecule is CCOC(=O)c1cc([N+](=O)[O-])cc(OC)c1OC. The van der Waals surface area contributed by atoms with Crippen molar-refractivity contribution < 1.29 is 23.9 Å². The van der Waals surface area contributed by atoms with Gasteiger partial charge in [0.15, 0.2) is 11.5 Å². The molecule has 0 aliphatic rings. The number of rotatable bonds is 5. The van der Waals surface area contributed by atoms with Gasteiger partial charge in [0.25, 0.3) is 5.69 Å². The van der Waals surface area contributed by atoms with Gasteiger partial charge in [0.2, 0.25) is 0 Å². The first-order valence-corrected chi connectivity index (χ1v) is 5.12. The van der Waals surface area contributed by atoms with Crippen LogP contribution in [0.25, 0.3) is 0 Å². The van der Waals surface area contributed by atoms with Gasteiger partial charge in [-0.2, -0.15) is 0 Å². The molecule has 0 heterocycles. The Morgan fingerprint density at radius 2 is 2.00 bits per heavy atom. The second kappa shape index (κ2) is 5.85. The van der Waals surface area contributed by atoms with Crippen LogP contribution in [-0.4, -0.2) is 31.7 Å². The van der Waals surface area contributed by atoms with Crippen molar-refractivity contribution in [1.29, 1.82) is 0 Å². The van der Waals surface area contributed by atoms with E-state index in [0.717, 1.165) is 6.07 Å². The lowest BCUT2D eigenvalue weighted by Crippen LogP contribution is -2.08. The summed E-state index contributed by atoms with van der Waals surface area (Å²) in [5.74, 6) is -0.479. The van der Waals surface area contributed by atoms with E-state index < -0.39 is 10.9 Å². The Bertz CT molecular complexity index is 471. The van der Waals surface area contributed by atoms with Crippen LogP contribution >= 0.6 is 0 Å². The van der Waals surface area contributed by atoms with E-state index in [9.17, 15) is 14.9 Å². The predicted molar refractivity (Wildman–Crippen MR) is 62.2 cm³/mol. The maximum absolute atomic E-state index is 11.7. The average Bonchev–Trinajstić information content (AvgIpc) is 2.37. The van der Waals surface area contributed by atoms with E-state index in [1.807, 2.05) is 0 Å². The minimum absolute atomic E-state index is 0.0367. The minimum atomic E-state index is -0.698. The van der Waals surface area contributed by atoms with Crippen LogP contribution in [0.3, 0.4) is 0 Å². The number of benzene rings is 1. The lowest BCUT2D eigenvalue weighted by molar-refractivity contribution is -0.385. The topological polar surface area (TPSA) is 87.9 Å². The molecule has 1 rings (SSSR count). The van der Waals surface area contributed by atoms with Crippen LogP contribution in [0.4, 0.5) is 5.69 Å². The highest BCUT2D eigenvalue weighted by Gasteiger charge is 2.23. The molecule has 0 amide bonds. The number of nitrogens with zero attached hydrogens (tertiary/aromatic N) is 1. The molecule has 0 radical (unpaired) electrons. The number of carbonyl (C=O) groups is 1. The molecular formula is C11H13NO6. The predicted octanol–water partition coefficient (Wildman–Crippen LogP) is 1.79. The summed E-state index contributed by atoms with van der Waals surface area (Å²) in [6.07, 6.45) is 0. The van der Waals surface area contributed by atoms with Crippen LogP contribution in [0, 0.1) is 10.1 Å². The fraction of sp³-hybridized carbons (Fsp3) is 0.364. The number of hydrogen-bond acceptors (Lipinski definition) is 6. The third-order valence-electron chi connectivity index (χ3n) is 2.17. The summed E-state index contributed by atoms with van der Waals surface area (Å²) in [6.45, 7) is 1.80. The molecule has 0 aliphatic heterocycles. The van der Waals surface area contributed by atoms with Crippen LogP contribution in [-0.2, 0) is 4.74 Å². The van der Waals surface area contributed by atoms with Crippen LogP contribution in [0.15, 0.2) is 12.1 Å². The molecule has 0 bridgehead atoms. The number of nitro benzene ring substituents is 1. The number of nitro groups is 1. The molecule has 18 heavy (non-hydrogen) atoms. The van der Waals surface area contributed by atoms with E-state index >= 15 is 0 Å². The maximum Gasteiger partial charge on any atom is 0.342 e. The second-order valence-corrected chi connectivity index (χ2v) is 3.21. The Hall–Kier alpha value is -2.31. The Balaban J connectivity index is 3.40. The number of carbonyl (C=O) groups excluding carboxylic acids is 1. The van der Waals surface area contributed by atoms with Gasteiger partial charge in [-0.15, -0.1) is 0 Å². The molecule has 0 aromatic heterocycles. The summed E-state index contributed by atoms with van der Waals surface area (Å²) < 4.78 is 14.8. The fourth-order valence-corrected chi connectivity index (χ4v) is 1.42. The number of esters is 1. The van der Waals surface area contributed by atoms with Crippen LogP contribution in [0.5, 0.6) is 11.5 Å². The van der Waals surface area contributed by atoms with Gasteiger partial charge in [-0.05, 0) is 6.92 Å². The third-order valence-corrected chi connectivity index (χ3v) is 2.17. The van der Waals surface area contributed by atoms with E-state index in [1.54, 1.807) is 6.92 Å². The summed E-state index contributed by atoms with van der Waals surface area (Å²) in [6, 6.07) is 2.28. The first-order chi connectivity index (χ1) is 8.54. The zero-order chi connectivity index (χ0) is 13.7. The zero-order valence-electron chi connectivity index (χ0n) is 10.3. The number of methoxy groups -OCH3 is 2. The molecule has 0 saturated heterocycles. The molecule has 1 aromatic rings. The van der Waals surface area contributed by atoms with Gasteiger partial charge in [-0.25, -0.2) is 4.79 Å². The van der Waals surface area contributed by atoms with Gasteiger partial charge in [0, 0.05) is 6.07 Å². The van der Waals surface area contributed by atoms with Gasteiger partial charge in [-0.3, -0.25) is 10.1 Å². The highest BCUT2D eigenvalue weighted by Crippen LogP contribution is 2.35. The van der Waals surface area contributed by atoms with Crippen molar-refractivity contribution in [1.82, 2.24) is 0 Å². The minimum Gasteiger partial charge on any atom is -0.493 e. The summed E-state index contributed by atoms with van der Waals surface area (Å²) in [7, 11) is 2.67. The van der Waals surface area contributed by atoms with E-state index in [-0.39, 0.29) is 29.4 Å². The summed E-state index contributed by atoms with van der Waals surface area (Å²) >= 11 is 0. The molecular weight excluding hydrogens is 242 g/mol. The van der Waals surface area contributed by atoms with Crippen molar-refractivity contribution in [3.63, 3.8) is 0 Å². The molecule has 0 spiro atoms.